The Morgan fingerprint density at radius 2 is 1.87 bits per heavy atom. The first-order chi connectivity index (χ1) is 11.0. The standard InChI is InChI=1S/C17H20N2O4/c1-19-11-3-4-14(19)15(20)9-10-18-16(21)12-5-7-13(8-6-12)17(22)23-2/h3-8,11,15,20H,9-10H2,1-2H3,(H,18,21)/t15-/m1/s1. The van der Waals surface area contributed by atoms with E-state index in [4.69, 9.17) is 0 Å². The zero-order valence-electron chi connectivity index (χ0n) is 13.2. The fourth-order valence-electron chi connectivity index (χ4n) is 2.27. The van der Waals surface area contributed by atoms with Crippen LogP contribution in [0.2, 0.25) is 0 Å². The Balaban J connectivity index is 1.85. The van der Waals surface area contributed by atoms with Crippen molar-refractivity contribution in [2.24, 2.45) is 7.05 Å². The van der Waals surface area contributed by atoms with Crippen LogP contribution in [0.15, 0.2) is 42.6 Å². The van der Waals surface area contributed by atoms with E-state index < -0.39 is 12.1 Å². The number of nitrogens with zero attached hydrogens (tertiary/aromatic N) is 1. The third-order valence-electron chi connectivity index (χ3n) is 3.60. The molecule has 23 heavy (non-hydrogen) atoms. The van der Waals surface area contributed by atoms with E-state index in [2.05, 4.69) is 10.1 Å². The largest absolute Gasteiger partial charge is 0.465 e. The molecule has 1 heterocycles. The summed E-state index contributed by atoms with van der Waals surface area (Å²) in [6, 6.07) is 9.92. The SMILES string of the molecule is COC(=O)c1ccc(C(=O)NCC[C@@H](O)c2cccn2C)cc1. The average molecular weight is 316 g/mol. The number of aliphatic hydroxyl groups is 1. The number of nitrogens with one attached hydrogen (secondary N) is 1. The van der Waals surface area contributed by atoms with Crippen LogP contribution >= 0.6 is 0 Å². The summed E-state index contributed by atoms with van der Waals surface area (Å²) in [6.45, 7) is 0.351. The predicted octanol–water partition coefficient (Wildman–Crippen LogP) is 1.67. The molecule has 1 aromatic carbocycles. The number of hydrogen-bond acceptors (Lipinski definition) is 4. The lowest BCUT2D eigenvalue weighted by atomic mass is 10.1. The molecule has 0 saturated heterocycles. The van der Waals surface area contributed by atoms with E-state index in [9.17, 15) is 14.7 Å². The van der Waals surface area contributed by atoms with Gasteiger partial charge < -0.3 is 19.7 Å². The van der Waals surface area contributed by atoms with Crippen molar-refractivity contribution in [3.8, 4) is 0 Å². The van der Waals surface area contributed by atoms with Crippen LogP contribution in [0.5, 0.6) is 0 Å². The Morgan fingerprint density at radius 3 is 2.43 bits per heavy atom. The van der Waals surface area contributed by atoms with Crippen molar-refractivity contribution in [1.29, 1.82) is 0 Å². The second-order valence-corrected chi connectivity index (χ2v) is 5.17. The molecule has 2 N–H and O–H groups in total. The number of methoxy groups -OCH3 is 1. The van der Waals surface area contributed by atoms with E-state index >= 15 is 0 Å². The number of aromatic nitrogens is 1. The molecule has 0 unspecified atom stereocenters. The minimum Gasteiger partial charge on any atom is -0.465 e. The van der Waals surface area contributed by atoms with Gasteiger partial charge in [0, 0.05) is 31.0 Å². The van der Waals surface area contributed by atoms with Gasteiger partial charge in [-0.2, -0.15) is 0 Å². The summed E-state index contributed by atoms with van der Waals surface area (Å²) in [5.41, 5.74) is 1.65. The van der Waals surface area contributed by atoms with Crippen molar-refractivity contribution >= 4 is 11.9 Å². The first kappa shape index (κ1) is 16.8. The summed E-state index contributed by atoms with van der Waals surface area (Å²) in [6.07, 6.45) is 1.65. The molecule has 0 bridgehead atoms. The Morgan fingerprint density at radius 1 is 1.22 bits per heavy atom. The van der Waals surface area contributed by atoms with E-state index in [1.807, 2.05) is 29.9 Å². The first-order valence-electron chi connectivity index (χ1n) is 7.29. The van der Waals surface area contributed by atoms with Gasteiger partial charge >= 0.3 is 5.97 Å². The molecule has 2 rings (SSSR count). The van der Waals surface area contributed by atoms with Gasteiger partial charge in [0.05, 0.1) is 18.8 Å². The predicted molar refractivity (Wildman–Crippen MR) is 85.1 cm³/mol. The number of rotatable bonds is 6. The molecule has 1 aromatic heterocycles. The Hall–Kier alpha value is -2.60. The van der Waals surface area contributed by atoms with Gasteiger partial charge in [-0.3, -0.25) is 4.79 Å². The van der Waals surface area contributed by atoms with E-state index in [1.54, 1.807) is 24.3 Å². The van der Waals surface area contributed by atoms with Crippen LogP contribution < -0.4 is 5.32 Å². The van der Waals surface area contributed by atoms with Gasteiger partial charge in [-0.1, -0.05) is 0 Å². The maximum absolute atomic E-state index is 12.0. The summed E-state index contributed by atoms with van der Waals surface area (Å²) >= 11 is 0. The van der Waals surface area contributed by atoms with Crippen LogP contribution in [0.25, 0.3) is 0 Å². The highest BCUT2D eigenvalue weighted by molar-refractivity contribution is 5.96. The second kappa shape index (κ2) is 7.60. The topological polar surface area (TPSA) is 80.6 Å². The highest BCUT2D eigenvalue weighted by atomic mass is 16.5. The molecule has 6 nitrogen and oxygen atoms in total. The fourth-order valence-corrected chi connectivity index (χ4v) is 2.27. The van der Waals surface area contributed by atoms with E-state index in [0.717, 1.165) is 5.69 Å². The molecule has 0 saturated carbocycles. The third kappa shape index (κ3) is 4.20. The summed E-state index contributed by atoms with van der Waals surface area (Å²) in [7, 11) is 3.17. The maximum Gasteiger partial charge on any atom is 0.337 e. The van der Waals surface area contributed by atoms with Gasteiger partial charge in [0.2, 0.25) is 0 Å². The lowest BCUT2D eigenvalue weighted by molar-refractivity contribution is 0.0600. The van der Waals surface area contributed by atoms with Crippen LogP contribution in [0, 0.1) is 0 Å². The number of benzene rings is 1. The van der Waals surface area contributed by atoms with E-state index in [1.165, 1.54) is 7.11 Å². The van der Waals surface area contributed by atoms with Gasteiger partial charge in [-0.15, -0.1) is 0 Å². The lowest BCUT2D eigenvalue weighted by Crippen LogP contribution is -2.26. The van der Waals surface area contributed by atoms with Crippen LogP contribution in [0.1, 0.15) is 38.9 Å². The average Bonchev–Trinajstić information content (AvgIpc) is 3.00. The van der Waals surface area contributed by atoms with Gasteiger partial charge in [0.15, 0.2) is 0 Å². The number of esters is 1. The van der Waals surface area contributed by atoms with Crippen LogP contribution in [0.3, 0.4) is 0 Å². The Labute approximate surface area is 134 Å². The second-order valence-electron chi connectivity index (χ2n) is 5.17. The van der Waals surface area contributed by atoms with Crippen molar-refractivity contribution in [2.75, 3.05) is 13.7 Å². The van der Waals surface area contributed by atoms with Gasteiger partial charge in [-0.05, 0) is 42.8 Å². The first-order valence-corrected chi connectivity index (χ1v) is 7.29. The van der Waals surface area contributed by atoms with Crippen LogP contribution in [-0.2, 0) is 11.8 Å². The molecule has 0 radical (unpaired) electrons. The van der Waals surface area contributed by atoms with Crippen molar-refractivity contribution in [3.05, 3.63) is 59.4 Å². The molecule has 0 aliphatic heterocycles. The highest BCUT2D eigenvalue weighted by Gasteiger charge is 2.12. The lowest BCUT2D eigenvalue weighted by Gasteiger charge is -2.12. The molecular formula is C17H20N2O4. The van der Waals surface area contributed by atoms with Gasteiger partial charge in [-0.25, -0.2) is 4.79 Å². The normalized spacial score (nSPS) is 11.8. The van der Waals surface area contributed by atoms with Crippen LogP contribution in [-0.4, -0.2) is 35.2 Å². The van der Waals surface area contributed by atoms with Gasteiger partial charge in [0.25, 0.3) is 5.91 Å². The zero-order valence-corrected chi connectivity index (χ0v) is 13.2. The number of aliphatic hydroxyl groups excluding tert-OH is 1. The number of hydrogen-bond donors (Lipinski definition) is 2. The molecule has 0 spiro atoms. The monoisotopic (exact) mass is 316 g/mol. The highest BCUT2D eigenvalue weighted by Crippen LogP contribution is 2.15. The Bertz CT molecular complexity index is 676. The molecule has 122 valence electrons. The number of carbonyl (C=O) groups is 2. The number of amides is 1. The summed E-state index contributed by atoms with van der Waals surface area (Å²) < 4.78 is 6.45. The van der Waals surface area contributed by atoms with E-state index in [-0.39, 0.29) is 5.91 Å². The van der Waals surface area contributed by atoms with E-state index in [0.29, 0.717) is 24.1 Å². The molecule has 0 fully saturated rings. The Kier molecular flexibility index (Phi) is 5.54. The summed E-state index contributed by atoms with van der Waals surface area (Å²) in [5.74, 6) is -0.692. The molecule has 0 aliphatic rings. The molecular weight excluding hydrogens is 296 g/mol. The summed E-state index contributed by atoms with van der Waals surface area (Å²) in [4.78, 5) is 23.3. The summed E-state index contributed by atoms with van der Waals surface area (Å²) in [5, 5.41) is 12.8. The van der Waals surface area contributed by atoms with Crippen molar-refractivity contribution < 1.29 is 19.4 Å². The molecule has 0 aliphatic carbocycles. The van der Waals surface area contributed by atoms with Gasteiger partial charge in [0.1, 0.15) is 0 Å². The minimum absolute atomic E-state index is 0.250. The minimum atomic E-state index is -0.628. The molecule has 6 heteroatoms. The number of carbonyl (C=O) groups excluding carboxylic acids is 2. The third-order valence-corrected chi connectivity index (χ3v) is 3.60. The van der Waals surface area contributed by atoms with Crippen LogP contribution in [0.4, 0.5) is 0 Å². The number of ether oxygens (including phenoxy) is 1. The van der Waals surface area contributed by atoms with Crippen molar-refractivity contribution in [1.82, 2.24) is 9.88 Å². The van der Waals surface area contributed by atoms with Crippen molar-refractivity contribution in [2.45, 2.75) is 12.5 Å². The maximum atomic E-state index is 12.0. The smallest absolute Gasteiger partial charge is 0.337 e. The molecule has 2 aromatic rings. The number of aryl methyl sites for hydroxylation is 1. The quantitative estimate of drug-likeness (QED) is 0.794. The molecule has 1 amide bonds. The van der Waals surface area contributed by atoms with Crippen molar-refractivity contribution in [3.63, 3.8) is 0 Å². The zero-order chi connectivity index (χ0) is 16.8. The fraction of sp³-hybridized carbons (Fsp3) is 0.294. The molecule has 1 atom stereocenters.